The fourth-order valence-corrected chi connectivity index (χ4v) is 3.47. The van der Waals surface area contributed by atoms with Crippen LogP contribution in [-0.4, -0.2) is 16.8 Å². The predicted molar refractivity (Wildman–Crippen MR) is 142 cm³/mol. The summed E-state index contributed by atoms with van der Waals surface area (Å²) in [6, 6.07) is 19.0. The van der Waals surface area contributed by atoms with Gasteiger partial charge in [0.25, 0.3) is 0 Å². The van der Waals surface area contributed by atoms with Gasteiger partial charge in [0.15, 0.2) is 0 Å². The molecule has 3 aromatic carbocycles. The highest BCUT2D eigenvalue weighted by Crippen LogP contribution is 2.24. The molecule has 7 nitrogen and oxygen atoms in total. The van der Waals surface area contributed by atoms with Crippen molar-refractivity contribution in [3.8, 4) is 5.75 Å². The third-order valence-electron chi connectivity index (χ3n) is 4.47. The summed E-state index contributed by atoms with van der Waals surface area (Å²) in [5.74, 6) is 0.342. The highest BCUT2D eigenvalue weighted by molar-refractivity contribution is 8.00. The zero-order chi connectivity index (χ0) is 25.3. The number of alkyl carbamates (subject to hydrolysis) is 1. The van der Waals surface area contributed by atoms with Gasteiger partial charge in [0.1, 0.15) is 11.4 Å². The molecule has 0 fully saturated rings. The number of hydrogen-bond acceptors (Lipinski definition) is 7. The van der Waals surface area contributed by atoms with E-state index in [4.69, 9.17) is 16.2 Å². The van der Waals surface area contributed by atoms with Gasteiger partial charge in [0.2, 0.25) is 0 Å². The lowest BCUT2D eigenvalue weighted by molar-refractivity contribution is 0.0523. The van der Waals surface area contributed by atoms with Crippen LogP contribution >= 0.6 is 11.9 Å². The van der Waals surface area contributed by atoms with E-state index in [-0.39, 0.29) is 0 Å². The molecule has 0 unspecified atom stereocenters. The third kappa shape index (κ3) is 9.54. The maximum atomic E-state index is 11.6. The number of amides is 1. The van der Waals surface area contributed by atoms with Gasteiger partial charge in [0.05, 0.1) is 0 Å². The van der Waals surface area contributed by atoms with Crippen molar-refractivity contribution in [2.24, 2.45) is 0 Å². The summed E-state index contributed by atoms with van der Waals surface area (Å²) in [5.41, 5.74) is 15.8. The van der Waals surface area contributed by atoms with Crippen molar-refractivity contribution in [3.63, 3.8) is 0 Å². The number of hydrogen-bond donors (Lipinski definition) is 5. The van der Waals surface area contributed by atoms with Crippen molar-refractivity contribution in [1.82, 2.24) is 5.32 Å². The summed E-state index contributed by atoms with van der Waals surface area (Å²) in [6.45, 7) is 9.61. The van der Waals surface area contributed by atoms with Gasteiger partial charge in [-0.1, -0.05) is 12.1 Å². The third-order valence-corrected chi connectivity index (χ3v) is 5.32. The molecule has 34 heavy (non-hydrogen) atoms. The summed E-state index contributed by atoms with van der Waals surface area (Å²) in [6.07, 6.45) is -0.413. The predicted octanol–water partition coefficient (Wildman–Crippen LogP) is 6.00. The topological polar surface area (TPSA) is 123 Å². The van der Waals surface area contributed by atoms with Crippen molar-refractivity contribution in [2.45, 2.75) is 51.7 Å². The van der Waals surface area contributed by atoms with Gasteiger partial charge >= 0.3 is 6.09 Å². The molecule has 3 aromatic rings. The molecular weight excluding hydrogens is 448 g/mol. The van der Waals surface area contributed by atoms with Crippen LogP contribution in [0.2, 0.25) is 0 Å². The molecule has 0 aromatic heterocycles. The van der Waals surface area contributed by atoms with E-state index in [2.05, 4.69) is 10.0 Å². The number of aromatic hydroxyl groups is 1. The number of phenols is 1. The molecule has 0 spiro atoms. The Balaban J connectivity index is 0.000000340. The second-order valence-electron chi connectivity index (χ2n) is 8.83. The first-order valence-electron chi connectivity index (χ1n) is 10.8. The summed E-state index contributed by atoms with van der Waals surface area (Å²) < 4.78 is 8.47. The number of nitrogens with one attached hydrogen (secondary N) is 2. The van der Waals surface area contributed by atoms with E-state index in [9.17, 15) is 9.90 Å². The molecule has 0 aliphatic carbocycles. The first-order chi connectivity index (χ1) is 15.9. The van der Waals surface area contributed by atoms with E-state index in [1.807, 2.05) is 83.1 Å². The lowest BCUT2D eigenvalue weighted by Gasteiger charge is -2.19. The SMILES string of the molecule is CC(C)(C)OC(=O)NCc1ccc(NSc2ccc(N)cc2)cc1.Cc1cc(N)cc(C)c1O. The lowest BCUT2D eigenvalue weighted by atomic mass is 10.1. The van der Waals surface area contributed by atoms with Gasteiger partial charge in [-0.2, -0.15) is 0 Å². The molecule has 0 heterocycles. The number of nitrogen functional groups attached to an aromatic ring is 2. The summed E-state index contributed by atoms with van der Waals surface area (Å²) in [4.78, 5) is 12.7. The largest absolute Gasteiger partial charge is 0.507 e. The maximum absolute atomic E-state index is 11.6. The zero-order valence-corrected chi connectivity index (χ0v) is 21.1. The average molecular weight is 483 g/mol. The highest BCUT2D eigenvalue weighted by Gasteiger charge is 2.15. The van der Waals surface area contributed by atoms with Crippen molar-refractivity contribution >= 4 is 35.1 Å². The molecule has 0 atom stereocenters. The number of carbonyl (C=O) groups is 1. The Hall–Kier alpha value is -3.52. The van der Waals surface area contributed by atoms with Gasteiger partial charge in [-0.3, -0.25) is 0 Å². The summed E-state index contributed by atoms with van der Waals surface area (Å²) in [5, 5.41) is 12.0. The monoisotopic (exact) mass is 482 g/mol. The number of benzene rings is 3. The van der Waals surface area contributed by atoms with E-state index < -0.39 is 11.7 Å². The van der Waals surface area contributed by atoms with E-state index in [0.29, 0.717) is 18.0 Å². The minimum atomic E-state index is -0.489. The summed E-state index contributed by atoms with van der Waals surface area (Å²) >= 11 is 1.52. The molecule has 0 saturated heterocycles. The van der Waals surface area contributed by atoms with Gasteiger partial charge in [-0.15, -0.1) is 0 Å². The van der Waals surface area contributed by atoms with Gasteiger partial charge in [-0.25, -0.2) is 4.79 Å². The molecule has 1 amide bonds. The normalized spacial score (nSPS) is 10.6. The Morgan fingerprint density at radius 1 is 0.941 bits per heavy atom. The van der Waals surface area contributed by atoms with Crippen molar-refractivity contribution in [2.75, 3.05) is 16.2 Å². The first kappa shape index (κ1) is 26.7. The average Bonchev–Trinajstić information content (AvgIpc) is 2.75. The number of ether oxygens (including phenoxy) is 1. The molecule has 0 aliphatic heterocycles. The van der Waals surface area contributed by atoms with Crippen LogP contribution in [0.1, 0.15) is 37.5 Å². The number of phenolic OH excluding ortho intramolecular Hbond substituents is 1. The Labute approximate surface area is 206 Å². The van der Waals surface area contributed by atoms with Gasteiger partial charge in [0, 0.05) is 28.5 Å². The molecule has 0 bridgehead atoms. The van der Waals surface area contributed by atoms with Crippen LogP contribution in [0.25, 0.3) is 0 Å². The second-order valence-corrected chi connectivity index (χ2v) is 9.71. The zero-order valence-electron chi connectivity index (χ0n) is 20.3. The second kappa shape index (κ2) is 12.1. The van der Waals surface area contributed by atoms with Crippen LogP contribution in [0.3, 0.4) is 0 Å². The molecule has 7 N–H and O–H groups in total. The first-order valence-corrected chi connectivity index (χ1v) is 11.6. The molecule has 0 saturated carbocycles. The smallest absolute Gasteiger partial charge is 0.407 e. The van der Waals surface area contributed by atoms with Crippen LogP contribution in [0.4, 0.5) is 21.9 Å². The van der Waals surface area contributed by atoms with Gasteiger partial charge < -0.3 is 31.3 Å². The molecular formula is C26H34N4O3S. The van der Waals surface area contributed by atoms with Crippen LogP contribution in [0, 0.1) is 13.8 Å². The van der Waals surface area contributed by atoms with Crippen molar-refractivity contribution < 1.29 is 14.6 Å². The Morgan fingerprint density at radius 3 is 2.03 bits per heavy atom. The van der Waals surface area contributed by atoms with E-state index in [0.717, 1.165) is 33.0 Å². The number of rotatable bonds is 5. The number of anilines is 3. The molecule has 182 valence electrons. The fourth-order valence-electron chi connectivity index (χ4n) is 2.82. The number of nitrogens with two attached hydrogens (primary N) is 2. The number of aryl methyl sites for hydroxylation is 2. The summed E-state index contributed by atoms with van der Waals surface area (Å²) in [7, 11) is 0. The van der Waals surface area contributed by atoms with Crippen molar-refractivity contribution in [1.29, 1.82) is 0 Å². The Kier molecular flexibility index (Phi) is 9.50. The van der Waals surface area contributed by atoms with Gasteiger partial charge in [-0.05, 0) is 112 Å². The molecule has 0 radical (unpaired) electrons. The highest BCUT2D eigenvalue weighted by atomic mass is 32.2. The van der Waals surface area contributed by atoms with Crippen LogP contribution in [0.5, 0.6) is 5.75 Å². The van der Waals surface area contributed by atoms with E-state index in [1.54, 1.807) is 12.1 Å². The maximum Gasteiger partial charge on any atom is 0.407 e. The lowest BCUT2D eigenvalue weighted by Crippen LogP contribution is -2.32. The molecule has 0 aliphatic rings. The minimum Gasteiger partial charge on any atom is -0.507 e. The quantitative estimate of drug-likeness (QED) is 0.172. The standard InChI is InChI=1S/C18H23N3O2S.C8H11NO/c1-18(2,3)23-17(22)20-12-13-4-8-15(9-5-13)21-24-16-10-6-14(19)7-11-16;1-5-3-7(9)4-6(2)8(5)10/h4-11,21H,12,19H2,1-3H3,(H,20,22);3-4,10H,9H2,1-2H3. The van der Waals surface area contributed by atoms with Crippen LogP contribution < -0.4 is 21.5 Å². The minimum absolute atomic E-state index is 0.342. The van der Waals surface area contributed by atoms with Crippen LogP contribution in [0.15, 0.2) is 65.6 Å². The van der Waals surface area contributed by atoms with E-state index >= 15 is 0 Å². The molecule has 8 heteroatoms. The van der Waals surface area contributed by atoms with E-state index in [1.165, 1.54) is 11.9 Å². The Bertz CT molecular complexity index is 1060. The Morgan fingerprint density at radius 2 is 1.50 bits per heavy atom. The van der Waals surface area contributed by atoms with Crippen molar-refractivity contribution in [3.05, 3.63) is 77.4 Å². The fraction of sp³-hybridized carbons (Fsp3) is 0.269. The molecule has 3 rings (SSSR count). The number of carbonyl (C=O) groups excluding carboxylic acids is 1. The van der Waals surface area contributed by atoms with Crippen LogP contribution in [-0.2, 0) is 11.3 Å².